The summed E-state index contributed by atoms with van der Waals surface area (Å²) in [4.78, 5) is 11.6. The van der Waals surface area contributed by atoms with Gasteiger partial charge in [0.1, 0.15) is 5.75 Å². The lowest BCUT2D eigenvalue weighted by molar-refractivity contribution is 0.0600. The molecule has 0 aliphatic rings. The summed E-state index contributed by atoms with van der Waals surface area (Å²) in [5, 5.41) is 1.10. The van der Waals surface area contributed by atoms with Crippen molar-refractivity contribution in [2.45, 2.75) is 0 Å². The molecule has 0 bridgehead atoms. The summed E-state index contributed by atoms with van der Waals surface area (Å²) in [7, 11) is -2.03. The van der Waals surface area contributed by atoms with E-state index in [-0.39, 0.29) is 0 Å². The highest BCUT2D eigenvalue weighted by atomic mass is 31.2. The summed E-state index contributed by atoms with van der Waals surface area (Å²) >= 11 is 0. The normalized spacial score (nSPS) is 12.8. The number of ether oxygens (including phenoxy) is 1. The van der Waals surface area contributed by atoms with E-state index >= 15 is 0 Å². The van der Waals surface area contributed by atoms with Crippen molar-refractivity contribution in [1.29, 1.82) is 0 Å². The van der Waals surface area contributed by atoms with Crippen molar-refractivity contribution in [3.63, 3.8) is 0 Å². The van der Waals surface area contributed by atoms with E-state index in [9.17, 15) is 9.36 Å². The Kier molecular flexibility index (Phi) is 5.01. The highest BCUT2D eigenvalue weighted by Crippen LogP contribution is 2.45. The summed E-state index contributed by atoms with van der Waals surface area (Å²) in [5.41, 5.74) is 0.394. The zero-order valence-corrected chi connectivity index (χ0v) is 14.6. The van der Waals surface area contributed by atoms with E-state index in [0.717, 1.165) is 0 Å². The van der Waals surface area contributed by atoms with Crippen LogP contribution in [0.3, 0.4) is 0 Å². The number of rotatable bonds is 5. The zero-order valence-electron chi connectivity index (χ0n) is 13.7. The van der Waals surface area contributed by atoms with Crippen molar-refractivity contribution < 1.29 is 18.6 Å². The van der Waals surface area contributed by atoms with E-state index in [1.165, 1.54) is 7.11 Å². The second kappa shape index (κ2) is 7.37. The smallest absolute Gasteiger partial charge is 0.337 e. The second-order valence-corrected chi connectivity index (χ2v) is 7.65. The van der Waals surface area contributed by atoms with Crippen molar-refractivity contribution in [1.82, 2.24) is 0 Å². The molecule has 0 spiro atoms. The molecule has 0 aliphatic carbocycles. The van der Waals surface area contributed by atoms with Crippen LogP contribution < -0.4 is 15.1 Å². The third kappa shape index (κ3) is 3.65. The number of carbonyl (C=O) groups is 1. The molecule has 3 aromatic carbocycles. The third-order valence-electron chi connectivity index (χ3n) is 3.70. The number of para-hydroxylation sites is 1. The van der Waals surface area contributed by atoms with Gasteiger partial charge in [0.2, 0.25) is 0 Å². The Morgan fingerprint density at radius 1 is 0.760 bits per heavy atom. The maximum atomic E-state index is 13.8. The number of methoxy groups -OCH3 is 1. The molecule has 0 radical (unpaired) electrons. The Hall–Kier alpha value is -2.84. The van der Waals surface area contributed by atoms with Crippen molar-refractivity contribution in [3.8, 4) is 5.75 Å². The van der Waals surface area contributed by atoms with Crippen LogP contribution in [-0.4, -0.2) is 13.1 Å². The van der Waals surface area contributed by atoms with Crippen LogP contribution in [0.4, 0.5) is 0 Å². The molecule has 0 heterocycles. The van der Waals surface area contributed by atoms with Gasteiger partial charge in [-0.05, 0) is 48.5 Å². The Morgan fingerprint density at radius 2 is 1.28 bits per heavy atom. The molecule has 3 rings (SSSR count). The SMILES string of the molecule is COC(=O)c1ccc(P(=O)(Oc2ccccc2)c2ccccc2)cc1. The predicted octanol–water partition coefficient (Wildman–Crippen LogP) is 3.78. The first-order valence-electron chi connectivity index (χ1n) is 7.73. The summed E-state index contributed by atoms with van der Waals surface area (Å²) in [5.74, 6) is 0.0804. The minimum absolute atomic E-state index is 0.394. The fraction of sp³-hybridized carbons (Fsp3) is 0.0500. The second-order valence-electron chi connectivity index (χ2n) is 5.33. The molecule has 1 atom stereocenters. The number of esters is 1. The maximum Gasteiger partial charge on any atom is 0.337 e. The van der Waals surface area contributed by atoms with Crippen LogP contribution in [-0.2, 0) is 9.30 Å². The lowest BCUT2D eigenvalue weighted by Gasteiger charge is -2.20. The molecule has 0 amide bonds. The quantitative estimate of drug-likeness (QED) is 0.518. The van der Waals surface area contributed by atoms with E-state index in [2.05, 4.69) is 0 Å². The van der Waals surface area contributed by atoms with Gasteiger partial charge in [-0.25, -0.2) is 4.79 Å². The first-order chi connectivity index (χ1) is 12.1. The molecule has 0 aliphatic heterocycles. The van der Waals surface area contributed by atoms with Gasteiger partial charge in [-0.1, -0.05) is 36.4 Å². The zero-order chi connectivity index (χ0) is 17.7. The standard InChI is InChI=1S/C20H17O4P/c1-23-20(21)16-12-14-19(15-13-16)25(22,18-10-6-3-7-11-18)24-17-8-4-2-5-9-17/h2-15H,1H3. The number of carbonyl (C=O) groups excluding carboxylic acids is 1. The molecule has 0 saturated carbocycles. The molecule has 126 valence electrons. The van der Waals surface area contributed by atoms with E-state index in [1.807, 2.05) is 36.4 Å². The molecule has 4 nitrogen and oxygen atoms in total. The molecule has 0 aromatic heterocycles. The Balaban J connectivity index is 2.05. The monoisotopic (exact) mass is 352 g/mol. The molecule has 1 unspecified atom stereocenters. The average Bonchev–Trinajstić information content (AvgIpc) is 2.69. The molecule has 0 saturated heterocycles. The fourth-order valence-corrected chi connectivity index (χ4v) is 4.45. The van der Waals surface area contributed by atoms with Crippen LogP contribution in [0.25, 0.3) is 0 Å². The first-order valence-corrected chi connectivity index (χ1v) is 9.35. The van der Waals surface area contributed by atoms with Crippen LogP contribution >= 0.6 is 7.37 Å². The van der Waals surface area contributed by atoms with E-state index in [1.54, 1.807) is 48.5 Å². The lowest BCUT2D eigenvalue weighted by Crippen LogP contribution is -2.20. The van der Waals surface area contributed by atoms with Crippen molar-refractivity contribution in [2.75, 3.05) is 7.11 Å². The van der Waals surface area contributed by atoms with Crippen LogP contribution in [0.1, 0.15) is 10.4 Å². The summed E-state index contributed by atoms with van der Waals surface area (Å²) in [6.07, 6.45) is 0. The molecule has 0 N–H and O–H groups in total. The Bertz CT molecular complexity index is 890. The van der Waals surface area contributed by atoms with Gasteiger partial charge in [0.15, 0.2) is 0 Å². The van der Waals surface area contributed by atoms with Gasteiger partial charge >= 0.3 is 13.3 Å². The highest BCUT2D eigenvalue weighted by Gasteiger charge is 2.30. The van der Waals surface area contributed by atoms with Crippen molar-refractivity contribution in [2.24, 2.45) is 0 Å². The van der Waals surface area contributed by atoms with E-state index in [4.69, 9.17) is 9.26 Å². The summed E-state index contributed by atoms with van der Waals surface area (Å²) in [6, 6.07) is 24.5. The van der Waals surface area contributed by atoms with Crippen LogP contribution in [0.2, 0.25) is 0 Å². The number of hydrogen-bond donors (Lipinski definition) is 0. The summed E-state index contributed by atoms with van der Waals surface area (Å²) in [6.45, 7) is 0. The largest absolute Gasteiger partial charge is 0.465 e. The average molecular weight is 352 g/mol. The minimum atomic E-state index is -3.36. The first kappa shape index (κ1) is 17.0. The van der Waals surface area contributed by atoms with Gasteiger partial charge in [0.05, 0.1) is 23.3 Å². The van der Waals surface area contributed by atoms with Crippen molar-refractivity contribution >= 4 is 23.9 Å². The maximum absolute atomic E-state index is 13.8. The van der Waals surface area contributed by atoms with E-state index < -0.39 is 13.3 Å². The number of hydrogen-bond acceptors (Lipinski definition) is 4. The molecule has 5 heteroatoms. The van der Waals surface area contributed by atoms with Gasteiger partial charge < -0.3 is 9.26 Å². The highest BCUT2D eigenvalue weighted by molar-refractivity contribution is 7.74. The molecule has 0 fully saturated rings. The van der Waals surface area contributed by atoms with Gasteiger partial charge in [-0.3, -0.25) is 4.57 Å². The van der Waals surface area contributed by atoms with Gasteiger partial charge in [-0.2, -0.15) is 0 Å². The lowest BCUT2D eigenvalue weighted by atomic mass is 10.2. The minimum Gasteiger partial charge on any atom is -0.465 e. The van der Waals surface area contributed by atoms with Crippen molar-refractivity contribution in [3.05, 3.63) is 90.5 Å². The van der Waals surface area contributed by atoms with Crippen LogP contribution in [0.5, 0.6) is 5.75 Å². The topological polar surface area (TPSA) is 52.6 Å². The van der Waals surface area contributed by atoms with E-state index in [0.29, 0.717) is 21.9 Å². The third-order valence-corrected chi connectivity index (χ3v) is 6.13. The Morgan fingerprint density at radius 3 is 1.84 bits per heavy atom. The van der Waals surface area contributed by atoms with Gasteiger partial charge in [0, 0.05) is 0 Å². The van der Waals surface area contributed by atoms with Crippen LogP contribution in [0.15, 0.2) is 84.9 Å². The Labute approximate surface area is 146 Å². The van der Waals surface area contributed by atoms with Crippen LogP contribution in [0, 0.1) is 0 Å². The molecule has 25 heavy (non-hydrogen) atoms. The molecular formula is C20H17O4P. The summed E-state index contributed by atoms with van der Waals surface area (Å²) < 4.78 is 24.4. The number of benzene rings is 3. The van der Waals surface area contributed by atoms with Gasteiger partial charge in [0.25, 0.3) is 0 Å². The molecular weight excluding hydrogens is 335 g/mol. The predicted molar refractivity (Wildman–Crippen MR) is 98.2 cm³/mol. The fourth-order valence-electron chi connectivity index (χ4n) is 2.42. The van der Waals surface area contributed by atoms with Gasteiger partial charge in [-0.15, -0.1) is 0 Å². The molecule has 3 aromatic rings.